The van der Waals surface area contributed by atoms with Crippen LogP contribution in [0.2, 0.25) is 0 Å². The van der Waals surface area contributed by atoms with Gasteiger partial charge in [0.2, 0.25) is 0 Å². The molecule has 0 spiro atoms. The zero-order chi connectivity index (χ0) is 21.6. The summed E-state index contributed by atoms with van der Waals surface area (Å²) in [5.74, 6) is 0.813. The first-order chi connectivity index (χ1) is 15.1. The molecule has 31 heavy (non-hydrogen) atoms. The Kier molecular flexibility index (Phi) is 6.67. The van der Waals surface area contributed by atoms with Crippen molar-refractivity contribution in [3.05, 3.63) is 89.6 Å². The number of imidazole rings is 1. The first-order valence-corrected chi connectivity index (χ1v) is 11.5. The van der Waals surface area contributed by atoms with Crippen LogP contribution in [0.25, 0.3) is 11.2 Å². The van der Waals surface area contributed by atoms with E-state index in [0.717, 1.165) is 34.1 Å². The second kappa shape index (κ2) is 9.79. The zero-order valence-electron chi connectivity index (χ0n) is 17.8. The highest BCUT2D eigenvalue weighted by molar-refractivity contribution is 7.98. The van der Waals surface area contributed by atoms with Gasteiger partial charge in [-0.3, -0.25) is 9.36 Å². The number of carbonyl (C=O) groups is 1. The maximum absolute atomic E-state index is 12.4. The van der Waals surface area contributed by atoms with Crippen LogP contribution in [0.1, 0.15) is 41.8 Å². The Morgan fingerprint density at radius 1 is 1.03 bits per heavy atom. The third-order valence-electron chi connectivity index (χ3n) is 5.23. The molecule has 0 aliphatic heterocycles. The third-order valence-corrected chi connectivity index (χ3v) is 6.27. The van der Waals surface area contributed by atoms with Gasteiger partial charge in [0.1, 0.15) is 5.52 Å². The van der Waals surface area contributed by atoms with Gasteiger partial charge in [0.05, 0.1) is 6.54 Å². The zero-order valence-corrected chi connectivity index (χ0v) is 18.6. The van der Waals surface area contributed by atoms with Gasteiger partial charge in [0.25, 0.3) is 5.91 Å². The summed E-state index contributed by atoms with van der Waals surface area (Å²) in [6, 6.07) is 22.2. The number of fused-ring (bicyclic) bond motifs is 1. The number of nitrogens with zero attached hydrogens (tertiary/aromatic N) is 3. The number of nitrogens with one attached hydrogen (secondary N) is 1. The molecule has 158 valence electrons. The SMILES string of the molecule is CC[C@H](C)NC(=O)c1ccc(Cn2c(SCc3ccccc3)nc3cccnc32)cc1. The highest BCUT2D eigenvalue weighted by Gasteiger charge is 2.14. The minimum absolute atomic E-state index is 0.0326. The maximum atomic E-state index is 12.4. The molecule has 2 aromatic heterocycles. The number of amides is 1. The van der Waals surface area contributed by atoms with E-state index in [1.54, 1.807) is 18.0 Å². The van der Waals surface area contributed by atoms with E-state index in [1.165, 1.54) is 5.56 Å². The monoisotopic (exact) mass is 430 g/mol. The van der Waals surface area contributed by atoms with Gasteiger partial charge in [0.15, 0.2) is 10.8 Å². The number of pyridine rings is 1. The molecule has 0 aliphatic rings. The summed E-state index contributed by atoms with van der Waals surface area (Å²) in [5.41, 5.74) is 4.80. The largest absolute Gasteiger partial charge is 0.350 e. The Hall–Kier alpha value is -3.12. The molecule has 0 saturated carbocycles. The second-order valence-electron chi connectivity index (χ2n) is 7.58. The molecule has 5 nitrogen and oxygen atoms in total. The lowest BCUT2D eigenvalue weighted by atomic mass is 10.1. The van der Waals surface area contributed by atoms with Crippen molar-refractivity contribution in [1.82, 2.24) is 19.9 Å². The highest BCUT2D eigenvalue weighted by atomic mass is 32.2. The summed E-state index contributed by atoms with van der Waals surface area (Å²) >= 11 is 1.71. The van der Waals surface area contributed by atoms with Crippen LogP contribution in [0.15, 0.2) is 78.1 Å². The average molecular weight is 431 g/mol. The molecule has 1 N–H and O–H groups in total. The molecule has 4 rings (SSSR count). The van der Waals surface area contributed by atoms with Crippen molar-refractivity contribution in [2.24, 2.45) is 0 Å². The van der Waals surface area contributed by atoms with Gasteiger partial charge in [-0.25, -0.2) is 9.97 Å². The molecule has 0 bridgehead atoms. The molecule has 2 aromatic carbocycles. The molecule has 1 atom stereocenters. The van der Waals surface area contributed by atoms with E-state index in [-0.39, 0.29) is 11.9 Å². The predicted molar refractivity (Wildman–Crippen MR) is 126 cm³/mol. The Bertz CT molecular complexity index is 1160. The van der Waals surface area contributed by atoms with Gasteiger partial charge in [-0.1, -0.05) is 61.2 Å². The summed E-state index contributed by atoms with van der Waals surface area (Å²) in [6.07, 6.45) is 2.71. The van der Waals surface area contributed by atoms with E-state index < -0.39 is 0 Å². The van der Waals surface area contributed by atoms with Gasteiger partial charge in [-0.15, -0.1) is 0 Å². The fourth-order valence-electron chi connectivity index (χ4n) is 3.27. The lowest BCUT2D eigenvalue weighted by Crippen LogP contribution is -2.31. The van der Waals surface area contributed by atoms with Crippen LogP contribution in [-0.2, 0) is 12.3 Å². The van der Waals surface area contributed by atoms with E-state index in [0.29, 0.717) is 12.1 Å². The van der Waals surface area contributed by atoms with Crippen molar-refractivity contribution in [3.63, 3.8) is 0 Å². The van der Waals surface area contributed by atoms with Crippen LogP contribution < -0.4 is 5.32 Å². The lowest BCUT2D eigenvalue weighted by molar-refractivity contribution is 0.0939. The van der Waals surface area contributed by atoms with Crippen LogP contribution in [0, 0.1) is 0 Å². The Morgan fingerprint density at radius 2 is 1.81 bits per heavy atom. The molecule has 0 radical (unpaired) electrons. The molecule has 6 heteroatoms. The topological polar surface area (TPSA) is 59.8 Å². The van der Waals surface area contributed by atoms with Crippen molar-refractivity contribution in [2.75, 3.05) is 0 Å². The number of hydrogen-bond donors (Lipinski definition) is 1. The summed E-state index contributed by atoms with van der Waals surface area (Å²) in [4.78, 5) is 21.7. The van der Waals surface area contributed by atoms with E-state index in [4.69, 9.17) is 4.98 Å². The lowest BCUT2D eigenvalue weighted by Gasteiger charge is -2.12. The van der Waals surface area contributed by atoms with E-state index >= 15 is 0 Å². The van der Waals surface area contributed by atoms with Gasteiger partial charge in [-0.05, 0) is 48.7 Å². The minimum Gasteiger partial charge on any atom is -0.350 e. The maximum Gasteiger partial charge on any atom is 0.251 e. The van der Waals surface area contributed by atoms with Crippen molar-refractivity contribution < 1.29 is 4.79 Å². The number of thioether (sulfide) groups is 1. The molecular weight excluding hydrogens is 404 g/mol. The van der Waals surface area contributed by atoms with Crippen molar-refractivity contribution in [1.29, 1.82) is 0 Å². The van der Waals surface area contributed by atoms with Crippen LogP contribution in [0.4, 0.5) is 0 Å². The average Bonchev–Trinajstić information content (AvgIpc) is 3.16. The first kappa shape index (κ1) is 21.1. The fourth-order valence-corrected chi connectivity index (χ4v) is 4.22. The van der Waals surface area contributed by atoms with Crippen LogP contribution in [0.3, 0.4) is 0 Å². The summed E-state index contributed by atoms with van der Waals surface area (Å²) in [5, 5.41) is 3.95. The van der Waals surface area contributed by atoms with E-state index in [1.807, 2.05) is 49.4 Å². The van der Waals surface area contributed by atoms with Crippen LogP contribution >= 0.6 is 11.8 Å². The second-order valence-corrected chi connectivity index (χ2v) is 8.52. The summed E-state index contributed by atoms with van der Waals surface area (Å²) in [7, 11) is 0. The molecule has 0 saturated heterocycles. The third kappa shape index (κ3) is 5.14. The van der Waals surface area contributed by atoms with Gasteiger partial charge >= 0.3 is 0 Å². The first-order valence-electron chi connectivity index (χ1n) is 10.5. The van der Waals surface area contributed by atoms with E-state index in [9.17, 15) is 4.79 Å². The normalized spacial score (nSPS) is 12.1. The molecule has 1 amide bonds. The molecule has 2 heterocycles. The fraction of sp³-hybridized carbons (Fsp3) is 0.240. The molecule has 0 fully saturated rings. The van der Waals surface area contributed by atoms with Crippen LogP contribution in [-0.4, -0.2) is 26.5 Å². The number of rotatable bonds is 8. The number of carbonyl (C=O) groups excluding carboxylic acids is 1. The highest BCUT2D eigenvalue weighted by Crippen LogP contribution is 2.27. The van der Waals surface area contributed by atoms with Crippen molar-refractivity contribution in [3.8, 4) is 0 Å². The standard InChI is InChI=1S/C25H26N4OS/c1-3-18(2)27-24(30)21-13-11-19(12-14-21)16-29-23-22(10-7-15-26-23)28-25(29)31-17-20-8-5-4-6-9-20/h4-15,18H,3,16-17H2,1-2H3,(H,27,30)/t18-/m0/s1. The summed E-state index contributed by atoms with van der Waals surface area (Å²) < 4.78 is 2.15. The van der Waals surface area contributed by atoms with Crippen molar-refractivity contribution >= 4 is 28.8 Å². The quantitative estimate of drug-likeness (QED) is 0.385. The molecule has 4 aromatic rings. The number of hydrogen-bond acceptors (Lipinski definition) is 4. The Labute approximate surface area is 186 Å². The van der Waals surface area contributed by atoms with Gasteiger partial charge in [-0.2, -0.15) is 0 Å². The minimum atomic E-state index is -0.0326. The molecular formula is C25H26N4OS. The smallest absolute Gasteiger partial charge is 0.251 e. The van der Waals surface area contributed by atoms with Crippen molar-refractivity contribution in [2.45, 2.75) is 43.8 Å². The summed E-state index contributed by atoms with van der Waals surface area (Å²) in [6.45, 7) is 4.72. The number of aromatic nitrogens is 3. The number of benzene rings is 2. The van der Waals surface area contributed by atoms with Crippen LogP contribution in [0.5, 0.6) is 0 Å². The van der Waals surface area contributed by atoms with Gasteiger partial charge < -0.3 is 5.32 Å². The van der Waals surface area contributed by atoms with Gasteiger partial charge in [0, 0.05) is 23.6 Å². The molecule has 0 unspecified atom stereocenters. The predicted octanol–water partition coefficient (Wildman–Crippen LogP) is 5.30. The Morgan fingerprint density at radius 3 is 2.55 bits per heavy atom. The Balaban J connectivity index is 1.55. The van der Waals surface area contributed by atoms with E-state index in [2.05, 4.69) is 46.1 Å². The molecule has 0 aliphatic carbocycles.